The summed E-state index contributed by atoms with van der Waals surface area (Å²) in [4.78, 5) is 17.2. The number of anilines is 1. The van der Waals surface area contributed by atoms with Crippen molar-refractivity contribution in [3.8, 4) is 5.88 Å². The molecule has 0 aromatic carbocycles. The van der Waals surface area contributed by atoms with Gasteiger partial charge in [0.05, 0.1) is 13.0 Å². The molecule has 1 amide bonds. The van der Waals surface area contributed by atoms with E-state index in [9.17, 15) is 18.0 Å². The van der Waals surface area contributed by atoms with Crippen LogP contribution in [0.3, 0.4) is 0 Å². The first-order valence-electron chi connectivity index (χ1n) is 5.85. The fourth-order valence-corrected chi connectivity index (χ4v) is 1.88. The maximum atomic E-state index is 12.1. The molecule has 0 N–H and O–H groups in total. The van der Waals surface area contributed by atoms with Crippen LogP contribution in [0.15, 0.2) is 18.3 Å². The van der Waals surface area contributed by atoms with Gasteiger partial charge in [-0.15, -0.1) is 0 Å². The van der Waals surface area contributed by atoms with Crippen molar-refractivity contribution in [2.24, 2.45) is 0 Å². The van der Waals surface area contributed by atoms with E-state index in [0.29, 0.717) is 5.69 Å². The Bertz CT molecular complexity index is 476. The first kappa shape index (κ1) is 13.6. The van der Waals surface area contributed by atoms with Gasteiger partial charge in [-0.1, -0.05) is 0 Å². The van der Waals surface area contributed by atoms with Gasteiger partial charge in [-0.3, -0.25) is 4.79 Å². The number of hydrogen-bond donors (Lipinski definition) is 0. The van der Waals surface area contributed by atoms with Gasteiger partial charge in [0.15, 0.2) is 0 Å². The van der Waals surface area contributed by atoms with E-state index in [-0.39, 0.29) is 18.5 Å². The zero-order valence-corrected chi connectivity index (χ0v) is 10.3. The summed E-state index contributed by atoms with van der Waals surface area (Å²) in [5.41, 5.74) is 0.424. The molecule has 1 aromatic heterocycles. The normalized spacial score (nSPS) is 18.7. The number of alkyl halides is 3. The Morgan fingerprint density at radius 1 is 1.58 bits per heavy atom. The van der Waals surface area contributed by atoms with Crippen LogP contribution in [0, 0.1) is 0 Å². The third-order valence-corrected chi connectivity index (χ3v) is 2.72. The van der Waals surface area contributed by atoms with Crippen molar-refractivity contribution in [3.63, 3.8) is 0 Å². The molecular weight excluding hydrogens is 261 g/mol. The Labute approximate surface area is 108 Å². The number of pyridine rings is 1. The number of carbonyl (C=O) groups excluding carboxylic acids is 1. The Balaban J connectivity index is 2.14. The van der Waals surface area contributed by atoms with Crippen LogP contribution in [0.5, 0.6) is 5.88 Å². The summed E-state index contributed by atoms with van der Waals surface area (Å²) >= 11 is 0. The number of carbonyl (C=O) groups is 1. The number of fused-ring (bicyclic) bond motifs is 1. The van der Waals surface area contributed by atoms with Gasteiger partial charge in [0.2, 0.25) is 11.8 Å². The lowest BCUT2D eigenvalue weighted by Crippen LogP contribution is -2.42. The van der Waals surface area contributed by atoms with E-state index in [1.165, 1.54) is 11.1 Å². The van der Waals surface area contributed by atoms with Gasteiger partial charge in [-0.2, -0.15) is 13.2 Å². The minimum absolute atomic E-state index is 0.232. The summed E-state index contributed by atoms with van der Waals surface area (Å²) in [7, 11) is 0. The second-order valence-electron chi connectivity index (χ2n) is 4.38. The molecule has 2 heterocycles. The fraction of sp³-hybridized carbons (Fsp3) is 0.500. The maximum Gasteiger partial charge on any atom is 0.389 e. The molecule has 1 aliphatic rings. The Morgan fingerprint density at radius 2 is 2.32 bits per heavy atom. The lowest BCUT2D eigenvalue weighted by molar-refractivity contribution is -0.143. The largest absolute Gasteiger partial charge is 0.471 e. The lowest BCUT2D eigenvalue weighted by atomic mass is 10.2. The van der Waals surface area contributed by atoms with Crippen LogP contribution in [0.1, 0.15) is 19.8 Å². The Morgan fingerprint density at radius 3 is 3.00 bits per heavy atom. The molecule has 1 aliphatic heterocycles. The zero-order chi connectivity index (χ0) is 14.0. The van der Waals surface area contributed by atoms with Gasteiger partial charge >= 0.3 is 6.18 Å². The summed E-state index contributed by atoms with van der Waals surface area (Å²) in [5, 5.41) is 0. The summed E-state index contributed by atoms with van der Waals surface area (Å²) in [5.74, 6) is -0.289. The van der Waals surface area contributed by atoms with Crippen LogP contribution in [0.25, 0.3) is 0 Å². The van der Waals surface area contributed by atoms with Crippen molar-refractivity contribution in [1.29, 1.82) is 0 Å². The van der Waals surface area contributed by atoms with Crippen molar-refractivity contribution in [3.05, 3.63) is 18.3 Å². The van der Waals surface area contributed by atoms with E-state index >= 15 is 0 Å². The molecule has 0 aliphatic carbocycles. The summed E-state index contributed by atoms with van der Waals surface area (Å²) in [6.45, 7) is 1.97. The molecule has 104 valence electrons. The van der Waals surface area contributed by atoms with Crippen LogP contribution >= 0.6 is 0 Å². The topological polar surface area (TPSA) is 42.4 Å². The van der Waals surface area contributed by atoms with Gasteiger partial charge in [0, 0.05) is 12.6 Å². The first-order valence-corrected chi connectivity index (χ1v) is 5.85. The summed E-state index contributed by atoms with van der Waals surface area (Å²) < 4.78 is 41.9. The van der Waals surface area contributed by atoms with E-state index in [1.807, 2.05) is 0 Å². The first-order chi connectivity index (χ1) is 8.87. The SMILES string of the molecule is CC1CN(C(=O)CCC(F)(F)F)c2cccnc2O1. The van der Waals surface area contributed by atoms with Crippen LogP contribution in [0.2, 0.25) is 0 Å². The van der Waals surface area contributed by atoms with E-state index < -0.39 is 24.9 Å². The molecule has 1 aromatic rings. The van der Waals surface area contributed by atoms with Crippen molar-refractivity contribution in [2.75, 3.05) is 11.4 Å². The van der Waals surface area contributed by atoms with Crippen LogP contribution in [0.4, 0.5) is 18.9 Å². The second kappa shape index (κ2) is 5.07. The smallest absolute Gasteiger partial charge is 0.389 e. The number of halogens is 3. The summed E-state index contributed by atoms with van der Waals surface area (Å²) in [6.07, 6.45) is -4.80. The number of nitrogens with zero attached hydrogens (tertiary/aromatic N) is 2. The zero-order valence-electron chi connectivity index (χ0n) is 10.3. The molecule has 0 radical (unpaired) electrons. The molecule has 19 heavy (non-hydrogen) atoms. The van der Waals surface area contributed by atoms with Crippen LogP contribution in [-0.2, 0) is 4.79 Å². The lowest BCUT2D eigenvalue weighted by Gasteiger charge is -2.32. The van der Waals surface area contributed by atoms with E-state index in [2.05, 4.69) is 4.98 Å². The van der Waals surface area contributed by atoms with E-state index in [1.54, 1.807) is 19.1 Å². The number of rotatable bonds is 2. The highest BCUT2D eigenvalue weighted by molar-refractivity contribution is 5.95. The number of aromatic nitrogens is 1. The standard InChI is InChI=1S/C12H13F3N2O2/c1-8-7-17(10(18)4-5-12(13,14)15)9-3-2-6-16-11(9)19-8/h2-3,6,8H,4-5,7H2,1H3. The second-order valence-corrected chi connectivity index (χ2v) is 4.38. The molecule has 2 rings (SSSR count). The highest BCUT2D eigenvalue weighted by Crippen LogP contribution is 2.32. The van der Waals surface area contributed by atoms with Gasteiger partial charge in [-0.25, -0.2) is 4.98 Å². The highest BCUT2D eigenvalue weighted by Gasteiger charge is 2.32. The van der Waals surface area contributed by atoms with Crippen molar-refractivity contribution in [1.82, 2.24) is 4.98 Å². The number of amides is 1. The fourth-order valence-electron chi connectivity index (χ4n) is 1.88. The molecule has 1 unspecified atom stereocenters. The average molecular weight is 274 g/mol. The number of hydrogen-bond acceptors (Lipinski definition) is 3. The van der Waals surface area contributed by atoms with Crippen molar-refractivity contribution < 1.29 is 22.7 Å². The molecule has 0 spiro atoms. The molecule has 0 saturated heterocycles. The molecule has 4 nitrogen and oxygen atoms in total. The van der Waals surface area contributed by atoms with Crippen molar-refractivity contribution in [2.45, 2.75) is 32.0 Å². The average Bonchev–Trinajstić information content (AvgIpc) is 2.34. The van der Waals surface area contributed by atoms with Gasteiger partial charge < -0.3 is 9.64 Å². The predicted molar refractivity (Wildman–Crippen MR) is 62.0 cm³/mol. The third kappa shape index (κ3) is 3.36. The molecule has 7 heteroatoms. The van der Waals surface area contributed by atoms with Crippen LogP contribution in [-0.4, -0.2) is 29.7 Å². The highest BCUT2D eigenvalue weighted by atomic mass is 19.4. The number of ether oxygens (including phenoxy) is 1. The molecule has 0 fully saturated rings. The van der Waals surface area contributed by atoms with Gasteiger partial charge in [0.25, 0.3) is 0 Å². The quantitative estimate of drug-likeness (QED) is 0.832. The minimum Gasteiger partial charge on any atom is -0.471 e. The molecular formula is C12H13F3N2O2. The van der Waals surface area contributed by atoms with E-state index in [4.69, 9.17) is 4.74 Å². The maximum absolute atomic E-state index is 12.1. The molecule has 0 saturated carbocycles. The van der Waals surface area contributed by atoms with Gasteiger partial charge in [-0.05, 0) is 19.1 Å². The monoisotopic (exact) mass is 274 g/mol. The minimum atomic E-state index is -4.33. The Hall–Kier alpha value is -1.79. The van der Waals surface area contributed by atoms with E-state index in [0.717, 1.165) is 0 Å². The Kier molecular flexibility index (Phi) is 3.64. The third-order valence-electron chi connectivity index (χ3n) is 2.72. The van der Waals surface area contributed by atoms with Gasteiger partial charge in [0.1, 0.15) is 11.8 Å². The summed E-state index contributed by atoms with van der Waals surface area (Å²) in [6, 6.07) is 3.22. The van der Waals surface area contributed by atoms with Crippen LogP contribution < -0.4 is 9.64 Å². The molecule has 0 bridgehead atoms. The van der Waals surface area contributed by atoms with Crippen molar-refractivity contribution >= 4 is 11.6 Å². The predicted octanol–water partition coefficient (Wildman–Crippen LogP) is 2.54. The molecule has 1 atom stereocenters.